The van der Waals surface area contributed by atoms with Crippen LogP contribution in [0.3, 0.4) is 0 Å². The van der Waals surface area contributed by atoms with Crippen LogP contribution in [0.2, 0.25) is 0 Å². The normalized spacial score (nSPS) is 11.6. The van der Waals surface area contributed by atoms with Crippen LogP contribution in [0.5, 0.6) is 5.75 Å². The molecule has 8 nitrogen and oxygen atoms in total. The first kappa shape index (κ1) is 25.6. The fourth-order valence-electron chi connectivity index (χ4n) is 2.81. The molecule has 2 aromatic heterocycles. The van der Waals surface area contributed by atoms with E-state index in [4.69, 9.17) is 14.3 Å². The molecule has 0 amide bonds. The van der Waals surface area contributed by atoms with Crippen molar-refractivity contribution < 1.29 is 9.26 Å². The summed E-state index contributed by atoms with van der Waals surface area (Å²) in [5.41, 5.74) is 1.44. The molecule has 0 aliphatic rings. The van der Waals surface area contributed by atoms with E-state index < -0.39 is 0 Å². The number of hydrogen-bond donors (Lipinski definition) is 2. The third kappa shape index (κ3) is 8.10. The lowest BCUT2D eigenvalue weighted by molar-refractivity contribution is 0.129. The quantitative estimate of drug-likeness (QED) is 0.246. The fourth-order valence-corrected chi connectivity index (χ4v) is 2.81. The third-order valence-electron chi connectivity index (χ3n) is 4.13. The van der Waals surface area contributed by atoms with Gasteiger partial charge in [-0.15, -0.1) is 24.0 Å². The van der Waals surface area contributed by atoms with Gasteiger partial charge in [-0.1, -0.05) is 29.4 Å². The molecule has 0 spiro atoms. The van der Waals surface area contributed by atoms with Gasteiger partial charge in [0.1, 0.15) is 17.0 Å². The maximum atomic E-state index is 6.06. The predicted octanol–water partition coefficient (Wildman–Crippen LogP) is 4.22. The summed E-state index contributed by atoms with van der Waals surface area (Å²) in [6.07, 6.45) is 2.30. The first-order valence-electron chi connectivity index (χ1n) is 10.5. The number of guanidine groups is 1. The van der Waals surface area contributed by atoms with E-state index in [2.05, 4.69) is 25.8 Å². The fraction of sp³-hybridized carbons (Fsp3) is 0.391. The second-order valence-electron chi connectivity index (χ2n) is 7.92. The summed E-state index contributed by atoms with van der Waals surface area (Å²) in [4.78, 5) is 13.3. The molecule has 3 rings (SSSR count). The van der Waals surface area contributed by atoms with Gasteiger partial charge in [0.05, 0.1) is 6.54 Å². The first-order valence-corrected chi connectivity index (χ1v) is 10.5. The van der Waals surface area contributed by atoms with Crippen molar-refractivity contribution in [3.63, 3.8) is 0 Å². The van der Waals surface area contributed by atoms with Gasteiger partial charge < -0.3 is 19.9 Å². The molecule has 0 saturated carbocycles. The molecule has 3 aromatic rings. The first-order chi connectivity index (χ1) is 14.9. The largest absolute Gasteiger partial charge is 0.488 e. The van der Waals surface area contributed by atoms with E-state index in [-0.39, 0.29) is 29.6 Å². The van der Waals surface area contributed by atoms with Crippen molar-refractivity contribution in [2.45, 2.75) is 46.3 Å². The molecule has 0 unspecified atom stereocenters. The number of rotatable bonds is 8. The number of nitrogens with zero attached hydrogens (tertiary/aromatic N) is 4. The molecule has 2 heterocycles. The summed E-state index contributed by atoms with van der Waals surface area (Å²) in [7, 11) is 0. The maximum Gasteiger partial charge on any atom is 0.276 e. The molecule has 0 fully saturated rings. The lowest BCUT2D eigenvalue weighted by Crippen LogP contribution is -2.38. The van der Waals surface area contributed by atoms with Crippen molar-refractivity contribution in [2.24, 2.45) is 4.99 Å². The van der Waals surface area contributed by atoms with Crippen LogP contribution >= 0.6 is 24.0 Å². The van der Waals surface area contributed by atoms with Gasteiger partial charge in [0, 0.05) is 31.3 Å². The number of aromatic nitrogens is 3. The van der Waals surface area contributed by atoms with E-state index in [1.807, 2.05) is 70.2 Å². The van der Waals surface area contributed by atoms with Crippen molar-refractivity contribution in [1.29, 1.82) is 0 Å². The Hall–Kier alpha value is -2.69. The minimum absolute atomic E-state index is 0. The summed E-state index contributed by atoms with van der Waals surface area (Å²) in [5.74, 6) is 2.62. The van der Waals surface area contributed by atoms with Crippen LogP contribution in [-0.4, -0.2) is 39.8 Å². The molecule has 0 bridgehead atoms. The predicted molar refractivity (Wildman–Crippen MR) is 136 cm³/mol. The van der Waals surface area contributed by atoms with Gasteiger partial charge in [-0.3, -0.25) is 4.98 Å². The number of pyridine rings is 1. The SMILES string of the molecule is CCNC(=NCc1ccccc1OC(C)(C)C)NCCc1noc(-c2ccccn2)n1.I. The Morgan fingerprint density at radius 1 is 1.09 bits per heavy atom. The van der Waals surface area contributed by atoms with E-state index in [1.54, 1.807) is 6.20 Å². The highest BCUT2D eigenvalue weighted by Gasteiger charge is 2.14. The zero-order valence-corrected chi connectivity index (χ0v) is 21.3. The molecule has 1 aromatic carbocycles. The summed E-state index contributed by atoms with van der Waals surface area (Å²) in [6.45, 7) is 10.0. The van der Waals surface area contributed by atoms with Crippen molar-refractivity contribution in [3.8, 4) is 17.3 Å². The molecule has 0 atom stereocenters. The van der Waals surface area contributed by atoms with E-state index in [0.29, 0.717) is 36.9 Å². The summed E-state index contributed by atoms with van der Waals surface area (Å²) >= 11 is 0. The molecular weight excluding hydrogens is 519 g/mol. The minimum Gasteiger partial charge on any atom is -0.488 e. The monoisotopic (exact) mass is 550 g/mol. The second-order valence-corrected chi connectivity index (χ2v) is 7.92. The molecular formula is C23H31IN6O2. The Morgan fingerprint density at radius 2 is 1.88 bits per heavy atom. The van der Waals surface area contributed by atoms with E-state index in [9.17, 15) is 0 Å². The van der Waals surface area contributed by atoms with Crippen LogP contribution in [0.15, 0.2) is 58.2 Å². The van der Waals surface area contributed by atoms with Crippen molar-refractivity contribution in [1.82, 2.24) is 25.8 Å². The highest BCUT2D eigenvalue weighted by atomic mass is 127. The van der Waals surface area contributed by atoms with Crippen molar-refractivity contribution in [2.75, 3.05) is 13.1 Å². The van der Waals surface area contributed by atoms with Gasteiger partial charge in [0.15, 0.2) is 11.8 Å². The number of aliphatic imine (C=N–C) groups is 1. The molecule has 172 valence electrons. The zero-order chi connectivity index (χ0) is 22.1. The van der Waals surface area contributed by atoms with Crippen LogP contribution in [-0.2, 0) is 13.0 Å². The Kier molecular flexibility index (Phi) is 9.89. The van der Waals surface area contributed by atoms with E-state index in [1.165, 1.54) is 0 Å². The number of hydrogen-bond acceptors (Lipinski definition) is 6. The molecule has 0 aliphatic heterocycles. The number of para-hydroxylation sites is 1. The van der Waals surface area contributed by atoms with E-state index in [0.717, 1.165) is 23.8 Å². The second kappa shape index (κ2) is 12.4. The summed E-state index contributed by atoms with van der Waals surface area (Å²) in [6, 6.07) is 13.6. The topological polar surface area (TPSA) is 97.5 Å². The van der Waals surface area contributed by atoms with Crippen LogP contribution in [0.1, 0.15) is 39.1 Å². The highest BCUT2D eigenvalue weighted by molar-refractivity contribution is 14.0. The standard InChI is InChI=1S/C23H30N6O2.HI/c1-5-24-22(27-16-17-10-6-7-12-19(17)30-23(2,3)4)26-15-13-20-28-21(31-29-20)18-11-8-9-14-25-18;/h6-12,14H,5,13,15-16H2,1-4H3,(H2,24,26,27);1H. The maximum absolute atomic E-state index is 6.06. The lowest BCUT2D eigenvalue weighted by atomic mass is 10.1. The van der Waals surface area contributed by atoms with Crippen molar-refractivity contribution >= 4 is 29.9 Å². The lowest BCUT2D eigenvalue weighted by Gasteiger charge is -2.23. The minimum atomic E-state index is -0.263. The Bertz CT molecular complexity index is 985. The van der Waals surface area contributed by atoms with Crippen LogP contribution in [0.4, 0.5) is 0 Å². The average Bonchev–Trinajstić information content (AvgIpc) is 3.21. The van der Waals surface area contributed by atoms with E-state index >= 15 is 0 Å². The smallest absolute Gasteiger partial charge is 0.276 e. The zero-order valence-electron chi connectivity index (χ0n) is 19.0. The third-order valence-corrected chi connectivity index (χ3v) is 4.13. The summed E-state index contributed by atoms with van der Waals surface area (Å²) < 4.78 is 11.4. The van der Waals surface area contributed by atoms with Crippen LogP contribution < -0.4 is 15.4 Å². The molecule has 0 radical (unpaired) electrons. The van der Waals surface area contributed by atoms with Gasteiger partial charge in [0.2, 0.25) is 0 Å². The van der Waals surface area contributed by atoms with Gasteiger partial charge >= 0.3 is 0 Å². The number of halogens is 1. The molecule has 0 saturated heterocycles. The van der Waals surface area contributed by atoms with Gasteiger partial charge in [-0.05, 0) is 45.9 Å². The van der Waals surface area contributed by atoms with Crippen molar-refractivity contribution in [3.05, 3.63) is 60.0 Å². The van der Waals surface area contributed by atoms with Gasteiger partial charge in [0.25, 0.3) is 5.89 Å². The highest BCUT2D eigenvalue weighted by Crippen LogP contribution is 2.23. The molecule has 0 aliphatic carbocycles. The Morgan fingerprint density at radius 3 is 2.59 bits per heavy atom. The summed E-state index contributed by atoms with van der Waals surface area (Å²) in [5, 5.41) is 10.6. The Labute approximate surface area is 206 Å². The van der Waals surface area contributed by atoms with Gasteiger partial charge in [-0.25, -0.2) is 4.99 Å². The molecule has 2 N–H and O–H groups in total. The Balaban J connectivity index is 0.00000363. The molecule has 32 heavy (non-hydrogen) atoms. The van der Waals surface area contributed by atoms with Gasteiger partial charge in [-0.2, -0.15) is 4.98 Å². The molecule has 9 heteroatoms. The number of nitrogens with one attached hydrogen (secondary N) is 2. The van der Waals surface area contributed by atoms with Crippen LogP contribution in [0, 0.1) is 0 Å². The number of ether oxygens (including phenoxy) is 1. The van der Waals surface area contributed by atoms with Crippen LogP contribution in [0.25, 0.3) is 11.6 Å². The average molecular weight is 550 g/mol. The number of benzene rings is 1.